The molecule has 1 saturated heterocycles. The number of hydrogen-bond donors (Lipinski definition) is 2. The first kappa shape index (κ1) is 22.1. The topological polar surface area (TPSA) is 104 Å². The zero-order chi connectivity index (χ0) is 23.5. The van der Waals surface area contributed by atoms with Gasteiger partial charge in [0.05, 0.1) is 5.52 Å². The third kappa shape index (κ3) is 4.94. The predicted molar refractivity (Wildman–Crippen MR) is 134 cm³/mol. The number of hydrogen-bond acceptors (Lipinski definition) is 6. The van der Waals surface area contributed by atoms with Gasteiger partial charge in [-0.15, -0.1) is 0 Å². The average molecular weight is 474 g/mol. The average Bonchev–Trinajstić information content (AvgIpc) is 3.50. The SMILES string of the molecule is O=C(CC1SC(N2CCCC2)=NC1=O)Nc1ccc(C(=O)Nc2ccc3ncccc3c2)cc1. The van der Waals surface area contributed by atoms with Crippen LogP contribution in [0.1, 0.15) is 29.6 Å². The maximum absolute atomic E-state index is 12.6. The Balaban J connectivity index is 1.15. The third-order valence-corrected chi connectivity index (χ3v) is 6.98. The number of amides is 3. The minimum absolute atomic E-state index is 0.0589. The molecule has 0 radical (unpaired) electrons. The number of likely N-dealkylation sites (tertiary alicyclic amines) is 1. The summed E-state index contributed by atoms with van der Waals surface area (Å²) in [5.41, 5.74) is 2.57. The van der Waals surface area contributed by atoms with Gasteiger partial charge in [-0.1, -0.05) is 17.8 Å². The van der Waals surface area contributed by atoms with Crippen LogP contribution in [0.2, 0.25) is 0 Å². The van der Waals surface area contributed by atoms with Gasteiger partial charge in [-0.05, 0) is 61.4 Å². The summed E-state index contributed by atoms with van der Waals surface area (Å²) < 4.78 is 0. The number of thioether (sulfide) groups is 1. The summed E-state index contributed by atoms with van der Waals surface area (Å²) >= 11 is 1.37. The first-order chi connectivity index (χ1) is 16.5. The molecule has 34 heavy (non-hydrogen) atoms. The number of nitrogens with one attached hydrogen (secondary N) is 2. The quantitative estimate of drug-likeness (QED) is 0.582. The Labute approximate surface area is 200 Å². The smallest absolute Gasteiger partial charge is 0.262 e. The Morgan fingerprint density at radius 2 is 1.76 bits per heavy atom. The molecule has 8 nitrogen and oxygen atoms in total. The molecular weight excluding hydrogens is 450 g/mol. The summed E-state index contributed by atoms with van der Waals surface area (Å²) in [6, 6.07) is 16.0. The van der Waals surface area contributed by atoms with Gasteiger partial charge in [0.2, 0.25) is 5.91 Å². The van der Waals surface area contributed by atoms with E-state index in [1.54, 1.807) is 30.5 Å². The maximum atomic E-state index is 12.6. The lowest BCUT2D eigenvalue weighted by molar-refractivity contribution is -0.121. The highest BCUT2D eigenvalue weighted by Gasteiger charge is 2.33. The molecule has 9 heteroatoms. The summed E-state index contributed by atoms with van der Waals surface area (Å²) in [6.07, 6.45) is 3.99. The Morgan fingerprint density at radius 3 is 2.56 bits per heavy atom. The lowest BCUT2D eigenvalue weighted by Gasteiger charge is -2.16. The van der Waals surface area contributed by atoms with Crippen molar-refractivity contribution in [2.75, 3.05) is 23.7 Å². The van der Waals surface area contributed by atoms with Crippen molar-refractivity contribution in [3.05, 3.63) is 66.4 Å². The summed E-state index contributed by atoms with van der Waals surface area (Å²) in [6.45, 7) is 1.83. The molecule has 3 amide bonds. The molecule has 2 aliphatic heterocycles. The van der Waals surface area contributed by atoms with Gasteiger partial charge in [0, 0.05) is 48.0 Å². The summed E-state index contributed by atoms with van der Waals surface area (Å²) in [7, 11) is 0. The van der Waals surface area contributed by atoms with Gasteiger partial charge in [-0.2, -0.15) is 4.99 Å². The van der Waals surface area contributed by atoms with Crippen LogP contribution < -0.4 is 10.6 Å². The molecule has 0 aliphatic carbocycles. The molecule has 172 valence electrons. The van der Waals surface area contributed by atoms with Crippen molar-refractivity contribution in [1.82, 2.24) is 9.88 Å². The number of anilines is 2. The molecule has 0 bridgehead atoms. The van der Waals surface area contributed by atoms with Gasteiger partial charge in [0.25, 0.3) is 11.8 Å². The van der Waals surface area contributed by atoms with Crippen molar-refractivity contribution in [2.24, 2.45) is 4.99 Å². The van der Waals surface area contributed by atoms with Crippen LogP contribution in [0.5, 0.6) is 0 Å². The summed E-state index contributed by atoms with van der Waals surface area (Å²) in [5.74, 6) is -0.759. The molecule has 3 aromatic rings. The Bertz CT molecular complexity index is 1290. The van der Waals surface area contributed by atoms with E-state index in [4.69, 9.17) is 0 Å². The van der Waals surface area contributed by atoms with Crippen LogP contribution in [0.25, 0.3) is 10.9 Å². The fourth-order valence-electron chi connectivity index (χ4n) is 3.99. The van der Waals surface area contributed by atoms with Gasteiger partial charge in [-0.25, -0.2) is 0 Å². The highest BCUT2D eigenvalue weighted by atomic mass is 32.2. The molecule has 0 spiro atoms. The summed E-state index contributed by atoms with van der Waals surface area (Å²) in [5, 5.41) is 6.87. The number of amidine groups is 1. The normalized spacial score (nSPS) is 17.6. The Hall–Kier alpha value is -3.72. The fraction of sp³-hybridized carbons (Fsp3) is 0.240. The van der Waals surface area contributed by atoms with Crippen molar-refractivity contribution in [3.8, 4) is 0 Å². The van der Waals surface area contributed by atoms with Crippen molar-refractivity contribution in [1.29, 1.82) is 0 Å². The monoisotopic (exact) mass is 473 g/mol. The highest BCUT2D eigenvalue weighted by molar-refractivity contribution is 8.15. The number of aliphatic imine (C=N–C) groups is 1. The molecule has 0 saturated carbocycles. The minimum Gasteiger partial charge on any atom is -0.351 e. The molecular formula is C25H23N5O3S. The number of benzene rings is 2. The Morgan fingerprint density at radius 1 is 1.00 bits per heavy atom. The van der Waals surface area contributed by atoms with Crippen molar-refractivity contribution >= 4 is 56.9 Å². The van der Waals surface area contributed by atoms with E-state index in [0.29, 0.717) is 16.9 Å². The largest absolute Gasteiger partial charge is 0.351 e. The molecule has 2 N–H and O–H groups in total. The van der Waals surface area contributed by atoms with E-state index in [1.807, 2.05) is 30.3 Å². The van der Waals surface area contributed by atoms with Crippen LogP contribution in [0.15, 0.2) is 65.8 Å². The van der Waals surface area contributed by atoms with Crippen LogP contribution in [-0.4, -0.2) is 51.1 Å². The van der Waals surface area contributed by atoms with Gasteiger partial charge >= 0.3 is 0 Å². The molecule has 5 rings (SSSR count). The maximum Gasteiger partial charge on any atom is 0.262 e. The minimum atomic E-state index is -0.488. The molecule has 1 unspecified atom stereocenters. The van der Waals surface area contributed by atoms with E-state index < -0.39 is 5.25 Å². The molecule has 1 atom stereocenters. The highest BCUT2D eigenvalue weighted by Crippen LogP contribution is 2.29. The molecule has 1 fully saturated rings. The number of carbonyl (C=O) groups excluding carboxylic acids is 3. The van der Waals surface area contributed by atoms with Gasteiger partial charge in [-0.3, -0.25) is 19.4 Å². The second-order valence-electron chi connectivity index (χ2n) is 8.23. The van der Waals surface area contributed by atoms with E-state index in [-0.39, 0.29) is 24.1 Å². The number of fused-ring (bicyclic) bond motifs is 1. The Kier molecular flexibility index (Phi) is 6.27. The fourth-order valence-corrected chi connectivity index (χ4v) is 5.11. The summed E-state index contributed by atoms with van der Waals surface area (Å²) in [4.78, 5) is 47.8. The standard InChI is InChI=1S/C25H23N5O3S/c31-22(15-21-24(33)29-25(34-21)30-12-1-2-13-30)27-18-7-5-16(6-8-18)23(32)28-19-9-10-20-17(14-19)4-3-11-26-20/h3-11,14,21H,1-2,12-13,15H2,(H,27,31)(H,28,32). The number of nitrogens with zero attached hydrogens (tertiary/aromatic N) is 3. The van der Waals surface area contributed by atoms with Crippen LogP contribution in [0.4, 0.5) is 11.4 Å². The third-order valence-electron chi connectivity index (χ3n) is 5.77. The van der Waals surface area contributed by atoms with Crippen LogP contribution >= 0.6 is 11.8 Å². The number of carbonyl (C=O) groups is 3. The second-order valence-corrected chi connectivity index (χ2v) is 9.40. The van der Waals surface area contributed by atoms with Crippen molar-refractivity contribution in [3.63, 3.8) is 0 Å². The number of aromatic nitrogens is 1. The van der Waals surface area contributed by atoms with E-state index >= 15 is 0 Å². The molecule has 2 aromatic carbocycles. The zero-order valence-corrected chi connectivity index (χ0v) is 19.2. The van der Waals surface area contributed by atoms with Gasteiger partial charge in [0.1, 0.15) is 5.25 Å². The van der Waals surface area contributed by atoms with E-state index in [2.05, 4.69) is 25.5 Å². The van der Waals surface area contributed by atoms with Crippen molar-refractivity contribution < 1.29 is 14.4 Å². The molecule has 3 heterocycles. The number of pyridine rings is 1. The first-order valence-corrected chi connectivity index (χ1v) is 12.0. The van der Waals surface area contributed by atoms with E-state index in [9.17, 15) is 14.4 Å². The first-order valence-electron chi connectivity index (χ1n) is 11.2. The van der Waals surface area contributed by atoms with Crippen LogP contribution in [0, 0.1) is 0 Å². The van der Waals surface area contributed by atoms with Crippen LogP contribution in [0.3, 0.4) is 0 Å². The molecule has 2 aliphatic rings. The van der Waals surface area contributed by atoms with E-state index in [0.717, 1.165) is 42.0 Å². The predicted octanol–water partition coefficient (Wildman–Crippen LogP) is 3.91. The zero-order valence-electron chi connectivity index (χ0n) is 18.4. The van der Waals surface area contributed by atoms with Crippen LogP contribution in [-0.2, 0) is 9.59 Å². The van der Waals surface area contributed by atoms with Crippen molar-refractivity contribution in [2.45, 2.75) is 24.5 Å². The lowest BCUT2D eigenvalue weighted by Crippen LogP contribution is -2.25. The second kappa shape index (κ2) is 9.64. The van der Waals surface area contributed by atoms with Gasteiger partial charge in [0.15, 0.2) is 5.17 Å². The number of rotatable bonds is 5. The van der Waals surface area contributed by atoms with Gasteiger partial charge < -0.3 is 15.5 Å². The van der Waals surface area contributed by atoms with E-state index in [1.165, 1.54) is 11.8 Å². The lowest BCUT2D eigenvalue weighted by atomic mass is 10.1. The molecule has 1 aromatic heterocycles.